The molecule has 9 nitrogen and oxygen atoms in total. The molecule has 190 valence electrons. The number of carbonyl (C=O) groups is 1. The Balaban J connectivity index is 1.51. The number of thioether (sulfide) groups is 1. The van der Waals surface area contributed by atoms with Gasteiger partial charge in [0.15, 0.2) is 11.0 Å². The molecular formula is C27H27N5O4S. The van der Waals surface area contributed by atoms with Gasteiger partial charge in [0.05, 0.1) is 32.8 Å². The van der Waals surface area contributed by atoms with Crippen molar-refractivity contribution in [3.63, 3.8) is 0 Å². The van der Waals surface area contributed by atoms with E-state index in [2.05, 4.69) is 20.7 Å². The molecule has 0 aliphatic rings. The second-order valence-corrected chi connectivity index (χ2v) is 8.56. The maximum absolute atomic E-state index is 12.5. The van der Waals surface area contributed by atoms with Gasteiger partial charge in [0.2, 0.25) is 0 Å². The zero-order chi connectivity index (χ0) is 26.0. The lowest BCUT2D eigenvalue weighted by Crippen LogP contribution is -2.20. The van der Waals surface area contributed by atoms with Gasteiger partial charge in [0, 0.05) is 16.8 Å². The van der Waals surface area contributed by atoms with Gasteiger partial charge in [0.25, 0.3) is 5.91 Å². The Labute approximate surface area is 219 Å². The summed E-state index contributed by atoms with van der Waals surface area (Å²) in [5.41, 5.74) is 5.04. The molecule has 1 heterocycles. The molecule has 0 saturated carbocycles. The van der Waals surface area contributed by atoms with E-state index in [1.807, 2.05) is 84.3 Å². The van der Waals surface area contributed by atoms with Crippen molar-refractivity contribution in [3.8, 4) is 34.3 Å². The Morgan fingerprint density at radius 3 is 2.32 bits per heavy atom. The summed E-state index contributed by atoms with van der Waals surface area (Å²) in [6.07, 6.45) is 1.56. The lowest BCUT2D eigenvalue weighted by Gasteiger charge is -2.11. The van der Waals surface area contributed by atoms with Crippen LogP contribution in [0.25, 0.3) is 17.1 Å². The van der Waals surface area contributed by atoms with E-state index < -0.39 is 0 Å². The number of hydrazone groups is 1. The first-order valence-corrected chi connectivity index (χ1v) is 12.5. The third kappa shape index (κ3) is 6.47. The number of rotatable bonds is 11. The predicted molar refractivity (Wildman–Crippen MR) is 144 cm³/mol. The molecule has 0 fully saturated rings. The number of aromatic nitrogens is 3. The highest BCUT2D eigenvalue weighted by atomic mass is 32.2. The fourth-order valence-electron chi connectivity index (χ4n) is 3.46. The topological polar surface area (TPSA) is 99.9 Å². The Kier molecular flexibility index (Phi) is 8.77. The third-order valence-electron chi connectivity index (χ3n) is 5.26. The summed E-state index contributed by atoms with van der Waals surface area (Å²) in [4.78, 5) is 12.5. The minimum Gasteiger partial charge on any atom is -0.497 e. The zero-order valence-electron chi connectivity index (χ0n) is 20.7. The number of ether oxygens (including phenoxy) is 3. The second-order valence-electron chi connectivity index (χ2n) is 7.62. The van der Waals surface area contributed by atoms with E-state index in [0.29, 0.717) is 23.3 Å². The van der Waals surface area contributed by atoms with Crippen molar-refractivity contribution in [1.82, 2.24) is 20.2 Å². The van der Waals surface area contributed by atoms with Crippen LogP contribution in [0.2, 0.25) is 0 Å². The van der Waals surface area contributed by atoms with Crippen molar-refractivity contribution in [1.29, 1.82) is 0 Å². The fraction of sp³-hybridized carbons (Fsp3) is 0.185. The second kappa shape index (κ2) is 12.6. The maximum atomic E-state index is 12.5. The number of benzene rings is 3. The van der Waals surface area contributed by atoms with Crippen molar-refractivity contribution < 1.29 is 19.0 Å². The molecule has 4 rings (SSSR count). The van der Waals surface area contributed by atoms with Crippen LogP contribution in [-0.2, 0) is 4.79 Å². The average molecular weight is 518 g/mol. The number of methoxy groups -OCH3 is 2. The molecule has 1 aromatic heterocycles. The molecule has 0 bridgehead atoms. The van der Waals surface area contributed by atoms with Crippen LogP contribution in [0.3, 0.4) is 0 Å². The molecule has 1 amide bonds. The molecule has 1 N–H and O–H groups in total. The van der Waals surface area contributed by atoms with Crippen LogP contribution in [0, 0.1) is 0 Å². The lowest BCUT2D eigenvalue weighted by molar-refractivity contribution is -0.118. The molecule has 0 atom stereocenters. The van der Waals surface area contributed by atoms with E-state index in [-0.39, 0.29) is 11.7 Å². The van der Waals surface area contributed by atoms with Crippen LogP contribution >= 0.6 is 11.8 Å². The molecule has 4 aromatic rings. The quantitative estimate of drug-likeness (QED) is 0.176. The molecule has 0 saturated heterocycles. The van der Waals surface area contributed by atoms with E-state index in [0.717, 1.165) is 28.3 Å². The molecule has 0 aliphatic carbocycles. The zero-order valence-corrected chi connectivity index (χ0v) is 21.6. The van der Waals surface area contributed by atoms with E-state index >= 15 is 0 Å². The van der Waals surface area contributed by atoms with Gasteiger partial charge in [-0.1, -0.05) is 23.9 Å². The first-order valence-electron chi connectivity index (χ1n) is 11.5. The maximum Gasteiger partial charge on any atom is 0.250 e. The van der Waals surface area contributed by atoms with Gasteiger partial charge >= 0.3 is 0 Å². The van der Waals surface area contributed by atoms with Crippen molar-refractivity contribution in [2.75, 3.05) is 26.6 Å². The first kappa shape index (κ1) is 25.8. The van der Waals surface area contributed by atoms with Crippen molar-refractivity contribution >= 4 is 23.9 Å². The van der Waals surface area contributed by atoms with Crippen LogP contribution in [0.4, 0.5) is 0 Å². The number of amides is 1. The van der Waals surface area contributed by atoms with Gasteiger partial charge in [-0.15, -0.1) is 10.2 Å². The van der Waals surface area contributed by atoms with E-state index in [4.69, 9.17) is 14.2 Å². The summed E-state index contributed by atoms with van der Waals surface area (Å²) in [7, 11) is 3.24. The SMILES string of the molecule is CCOc1ccccc1C=NNC(=O)CSc1nnc(-c2ccc(OC)cc2)n1-c1ccc(OC)cc1. The summed E-state index contributed by atoms with van der Waals surface area (Å²) < 4.78 is 18.0. The Morgan fingerprint density at radius 1 is 0.973 bits per heavy atom. The molecule has 0 spiro atoms. The molecule has 10 heteroatoms. The monoisotopic (exact) mass is 517 g/mol. The van der Waals surface area contributed by atoms with Crippen LogP contribution in [0.1, 0.15) is 12.5 Å². The van der Waals surface area contributed by atoms with Gasteiger partial charge in [-0.25, -0.2) is 5.43 Å². The lowest BCUT2D eigenvalue weighted by atomic mass is 10.2. The normalized spacial score (nSPS) is 10.9. The van der Waals surface area contributed by atoms with Crippen molar-refractivity contribution in [3.05, 3.63) is 78.4 Å². The Morgan fingerprint density at radius 2 is 1.65 bits per heavy atom. The summed E-state index contributed by atoms with van der Waals surface area (Å²) in [5, 5.41) is 13.4. The number of para-hydroxylation sites is 1. The average Bonchev–Trinajstić information content (AvgIpc) is 3.37. The highest BCUT2D eigenvalue weighted by molar-refractivity contribution is 7.99. The molecule has 0 unspecified atom stereocenters. The third-order valence-corrected chi connectivity index (χ3v) is 6.19. The summed E-state index contributed by atoms with van der Waals surface area (Å²) in [6.45, 7) is 2.46. The highest BCUT2D eigenvalue weighted by Gasteiger charge is 2.17. The van der Waals surface area contributed by atoms with Gasteiger partial charge in [0.1, 0.15) is 17.2 Å². The number of nitrogens with zero attached hydrogens (tertiary/aromatic N) is 4. The molecule has 3 aromatic carbocycles. The predicted octanol–water partition coefficient (Wildman–Crippen LogP) is 4.59. The smallest absolute Gasteiger partial charge is 0.250 e. The van der Waals surface area contributed by atoms with Crippen molar-refractivity contribution in [2.24, 2.45) is 5.10 Å². The molecule has 0 radical (unpaired) electrons. The Hall–Kier alpha value is -4.31. The number of hydrogen-bond acceptors (Lipinski definition) is 8. The van der Waals surface area contributed by atoms with Gasteiger partial charge in [-0.3, -0.25) is 9.36 Å². The minimum atomic E-state index is -0.273. The fourth-order valence-corrected chi connectivity index (χ4v) is 4.21. The Bertz CT molecular complexity index is 1350. The molecule has 37 heavy (non-hydrogen) atoms. The molecule has 0 aliphatic heterocycles. The number of hydrogen-bond donors (Lipinski definition) is 1. The van der Waals surface area contributed by atoms with Crippen molar-refractivity contribution in [2.45, 2.75) is 12.1 Å². The van der Waals surface area contributed by atoms with Gasteiger partial charge in [-0.05, 0) is 67.6 Å². The summed E-state index contributed by atoms with van der Waals surface area (Å²) in [6, 6.07) is 22.6. The number of carbonyl (C=O) groups excluding carboxylic acids is 1. The van der Waals surface area contributed by atoms with Gasteiger partial charge in [-0.2, -0.15) is 5.10 Å². The van der Waals surface area contributed by atoms with Gasteiger partial charge < -0.3 is 14.2 Å². The highest BCUT2D eigenvalue weighted by Crippen LogP contribution is 2.29. The first-order chi connectivity index (χ1) is 18.1. The minimum absolute atomic E-state index is 0.0986. The van der Waals surface area contributed by atoms with E-state index in [9.17, 15) is 4.79 Å². The van der Waals surface area contributed by atoms with Crippen LogP contribution in [0.5, 0.6) is 17.2 Å². The van der Waals surface area contributed by atoms with E-state index in [1.165, 1.54) is 11.8 Å². The molecular weight excluding hydrogens is 490 g/mol. The van der Waals surface area contributed by atoms with E-state index in [1.54, 1.807) is 20.4 Å². The summed E-state index contributed by atoms with van der Waals surface area (Å²) in [5.74, 6) is 2.65. The van der Waals surface area contributed by atoms with Crippen LogP contribution in [0.15, 0.2) is 83.1 Å². The largest absolute Gasteiger partial charge is 0.497 e. The standard InChI is InChI=1S/C27H27N5O4S/c1-4-36-24-8-6-5-7-20(24)17-28-29-25(33)18-37-27-31-30-26(19-9-13-22(34-2)14-10-19)32(27)21-11-15-23(35-3)16-12-21/h5-17H,4,18H2,1-3H3,(H,29,33). The summed E-state index contributed by atoms with van der Waals surface area (Å²) >= 11 is 1.26. The number of nitrogens with one attached hydrogen (secondary N) is 1. The van der Waals surface area contributed by atoms with Crippen LogP contribution < -0.4 is 19.6 Å². The van der Waals surface area contributed by atoms with Crippen LogP contribution in [-0.4, -0.2) is 53.5 Å².